The predicted molar refractivity (Wildman–Crippen MR) is 124 cm³/mol. The van der Waals surface area contributed by atoms with Crippen molar-refractivity contribution in [1.82, 2.24) is 15.0 Å². The lowest BCUT2D eigenvalue weighted by atomic mass is 9.46. The Bertz CT molecular complexity index is 854. The second kappa shape index (κ2) is 9.21. The molecule has 0 amide bonds. The maximum Gasteiger partial charge on any atom is 0.157 e. The van der Waals surface area contributed by atoms with Crippen LogP contribution in [0.2, 0.25) is 0 Å². The number of hydrogen-bond donors (Lipinski definition) is 1. The van der Waals surface area contributed by atoms with Crippen LogP contribution in [0.1, 0.15) is 73.1 Å². The molecule has 1 aromatic rings. The number of nitrogens with zero attached hydrogens (tertiary/aromatic N) is 3. The second-order valence-electron chi connectivity index (χ2n) is 11.7. The summed E-state index contributed by atoms with van der Waals surface area (Å²) in [4.78, 5) is 26.9. The van der Waals surface area contributed by atoms with Crippen molar-refractivity contribution >= 4 is 11.6 Å². The van der Waals surface area contributed by atoms with E-state index in [1.165, 1.54) is 0 Å². The highest BCUT2D eigenvalue weighted by molar-refractivity contribution is 5.87. The molecule has 0 aliphatic heterocycles. The Labute approximate surface area is 197 Å². The first kappa shape index (κ1) is 24.5. The fraction of sp³-hybridized carbons (Fsp3) is 0.846. The van der Waals surface area contributed by atoms with Crippen LogP contribution < -0.4 is 0 Å². The number of Topliss-reactive ketones (excluding diaryl/α,β-unsaturated/α-hetero) is 2. The highest BCUT2D eigenvalue weighted by atomic mass is 16.5. The molecular formula is C26H41N3O4. The SMILES string of the molecule is CCO[C@@H](C)[C@@H](O)C[C@@H]1CC[C@@H]2[C@H](C(=O)C[C@]3(C)[C@@H](C(=O)Cn4ccnn4)CC[C@@H]23)C1(C)C. The summed E-state index contributed by atoms with van der Waals surface area (Å²) in [5, 5.41) is 18.5. The molecule has 3 saturated carbocycles. The number of fused-ring (bicyclic) bond motifs is 3. The fourth-order valence-corrected chi connectivity index (χ4v) is 7.93. The van der Waals surface area contributed by atoms with Crippen molar-refractivity contribution in [3.8, 4) is 0 Å². The van der Waals surface area contributed by atoms with Gasteiger partial charge in [0.25, 0.3) is 0 Å². The van der Waals surface area contributed by atoms with Crippen molar-refractivity contribution in [3.63, 3.8) is 0 Å². The zero-order chi connectivity index (χ0) is 24.0. The van der Waals surface area contributed by atoms with E-state index in [1.807, 2.05) is 13.8 Å². The minimum absolute atomic E-state index is 0.00749. The van der Waals surface area contributed by atoms with E-state index in [-0.39, 0.29) is 47.0 Å². The van der Waals surface area contributed by atoms with E-state index in [2.05, 4.69) is 31.1 Å². The average molecular weight is 460 g/mol. The lowest BCUT2D eigenvalue weighted by Crippen LogP contribution is -2.56. The third-order valence-corrected chi connectivity index (χ3v) is 9.63. The average Bonchev–Trinajstić information content (AvgIpc) is 3.36. The van der Waals surface area contributed by atoms with Crippen molar-refractivity contribution in [2.24, 2.45) is 40.4 Å². The normalized spacial score (nSPS) is 37.3. The summed E-state index contributed by atoms with van der Waals surface area (Å²) < 4.78 is 7.22. The standard InChI is InChI=1S/C26H41N3O4/c1-6-33-16(2)21(30)13-17-7-8-18-19-9-10-20(23(32)15-29-12-11-27-28-29)26(19,5)14-22(31)24(18)25(17,3)4/h11-12,16-21,24,30H,6-10,13-15H2,1-5H3/t16-,17-,18-,19-,20+,21-,24+,26-/m0/s1. The Balaban J connectivity index is 1.51. The Hall–Kier alpha value is -1.60. The van der Waals surface area contributed by atoms with Crippen LogP contribution in [0.3, 0.4) is 0 Å². The van der Waals surface area contributed by atoms with E-state index in [4.69, 9.17) is 4.74 Å². The number of aliphatic hydroxyl groups is 1. The fourth-order valence-electron chi connectivity index (χ4n) is 7.93. The first-order valence-electron chi connectivity index (χ1n) is 12.8. The van der Waals surface area contributed by atoms with E-state index in [0.717, 1.165) is 25.7 Å². The molecule has 0 saturated heterocycles. The molecule has 3 aliphatic rings. The van der Waals surface area contributed by atoms with E-state index in [1.54, 1.807) is 17.1 Å². The lowest BCUT2D eigenvalue weighted by Gasteiger charge is -2.57. The number of ketones is 2. The molecule has 0 radical (unpaired) electrons. The number of ether oxygens (including phenoxy) is 1. The Morgan fingerprint density at radius 2 is 2.03 bits per heavy atom. The summed E-state index contributed by atoms with van der Waals surface area (Å²) in [5.74, 6) is 1.43. The number of aromatic nitrogens is 3. The van der Waals surface area contributed by atoms with Gasteiger partial charge in [0.15, 0.2) is 5.78 Å². The van der Waals surface area contributed by atoms with Crippen LogP contribution in [0.25, 0.3) is 0 Å². The Morgan fingerprint density at radius 1 is 1.27 bits per heavy atom. The summed E-state index contributed by atoms with van der Waals surface area (Å²) in [6, 6.07) is 0. The van der Waals surface area contributed by atoms with Gasteiger partial charge in [0.1, 0.15) is 12.3 Å². The number of carbonyl (C=O) groups excluding carboxylic acids is 2. The van der Waals surface area contributed by atoms with Crippen molar-refractivity contribution in [2.75, 3.05) is 6.61 Å². The van der Waals surface area contributed by atoms with Crippen molar-refractivity contribution in [1.29, 1.82) is 0 Å². The first-order valence-corrected chi connectivity index (χ1v) is 12.8. The largest absolute Gasteiger partial charge is 0.390 e. The first-order chi connectivity index (χ1) is 15.6. The van der Waals surface area contributed by atoms with Gasteiger partial charge in [-0.15, -0.1) is 5.10 Å². The number of aliphatic hydroxyl groups excluding tert-OH is 1. The van der Waals surface area contributed by atoms with E-state index in [0.29, 0.717) is 37.1 Å². The van der Waals surface area contributed by atoms with Crippen LogP contribution in [0, 0.1) is 40.4 Å². The van der Waals surface area contributed by atoms with Gasteiger partial charge in [0.2, 0.25) is 0 Å². The summed E-state index contributed by atoms with van der Waals surface area (Å²) in [6.07, 6.45) is 7.66. The van der Waals surface area contributed by atoms with Gasteiger partial charge in [-0.1, -0.05) is 26.0 Å². The monoisotopic (exact) mass is 459 g/mol. The van der Waals surface area contributed by atoms with Crippen LogP contribution in [0.5, 0.6) is 0 Å². The number of hydrogen-bond acceptors (Lipinski definition) is 6. The smallest absolute Gasteiger partial charge is 0.157 e. The molecule has 1 heterocycles. The van der Waals surface area contributed by atoms with Gasteiger partial charge in [-0.05, 0) is 74.5 Å². The van der Waals surface area contributed by atoms with Crippen LogP contribution in [-0.2, 0) is 20.9 Å². The quantitative estimate of drug-likeness (QED) is 0.637. The molecule has 33 heavy (non-hydrogen) atoms. The molecule has 7 heteroatoms. The molecule has 0 spiro atoms. The van der Waals surface area contributed by atoms with E-state index >= 15 is 0 Å². The molecule has 3 fully saturated rings. The summed E-state index contributed by atoms with van der Waals surface area (Å²) in [7, 11) is 0. The summed E-state index contributed by atoms with van der Waals surface area (Å²) in [6.45, 7) is 11.4. The highest BCUT2D eigenvalue weighted by Gasteiger charge is 2.62. The minimum Gasteiger partial charge on any atom is -0.390 e. The van der Waals surface area contributed by atoms with Gasteiger partial charge in [0.05, 0.1) is 18.4 Å². The van der Waals surface area contributed by atoms with Gasteiger partial charge in [-0.2, -0.15) is 0 Å². The molecule has 7 nitrogen and oxygen atoms in total. The molecule has 3 aliphatic carbocycles. The van der Waals surface area contributed by atoms with Gasteiger partial charge >= 0.3 is 0 Å². The van der Waals surface area contributed by atoms with Gasteiger partial charge < -0.3 is 9.84 Å². The van der Waals surface area contributed by atoms with Crippen molar-refractivity contribution in [3.05, 3.63) is 12.4 Å². The molecular weight excluding hydrogens is 418 g/mol. The summed E-state index contributed by atoms with van der Waals surface area (Å²) >= 11 is 0. The molecule has 1 aromatic heterocycles. The third kappa shape index (κ3) is 4.31. The van der Waals surface area contributed by atoms with Crippen molar-refractivity contribution in [2.45, 2.75) is 91.9 Å². The number of carbonyl (C=O) groups is 2. The molecule has 8 atom stereocenters. The Morgan fingerprint density at radius 3 is 2.70 bits per heavy atom. The van der Waals surface area contributed by atoms with Crippen LogP contribution in [0.4, 0.5) is 0 Å². The zero-order valence-electron chi connectivity index (χ0n) is 20.9. The predicted octanol–water partition coefficient (Wildman–Crippen LogP) is 3.70. The highest BCUT2D eigenvalue weighted by Crippen LogP contribution is 2.64. The molecule has 1 N–H and O–H groups in total. The van der Waals surface area contributed by atoms with Crippen LogP contribution in [0.15, 0.2) is 12.4 Å². The number of rotatable bonds is 8. The topological polar surface area (TPSA) is 94.3 Å². The molecule has 4 rings (SSSR count). The second-order valence-corrected chi connectivity index (χ2v) is 11.7. The van der Waals surface area contributed by atoms with Gasteiger partial charge in [0, 0.05) is 31.1 Å². The Kier molecular flexibility index (Phi) is 6.85. The van der Waals surface area contributed by atoms with Crippen LogP contribution in [-0.4, -0.2) is 50.5 Å². The van der Waals surface area contributed by atoms with Gasteiger partial charge in [-0.3, -0.25) is 9.59 Å². The van der Waals surface area contributed by atoms with E-state index in [9.17, 15) is 14.7 Å². The van der Waals surface area contributed by atoms with Crippen LogP contribution >= 0.6 is 0 Å². The van der Waals surface area contributed by atoms with Crippen molar-refractivity contribution < 1.29 is 19.4 Å². The molecule has 0 bridgehead atoms. The minimum atomic E-state index is -0.514. The van der Waals surface area contributed by atoms with Gasteiger partial charge in [-0.25, -0.2) is 4.68 Å². The molecule has 0 unspecified atom stereocenters. The third-order valence-electron chi connectivity index (χ3n) is 9.63. The lowest BCUT2D eigenvalue weighted by molar-refractivity contribution is -0.156. The maximum absolute atomic E-state index is 13.7. The summed E-state index contributed by atoms with van der Waals surface area (Å²) in [5.41, 5.74) is -0.432. The van der Waals surface area contributed by atoms with E-state index < -0.39 is 6.10 Å². The zero-order valence-corrected chi connectivity index (χ0v) is 20.9. The molecule has 0 aromatic carbocycles. The molecule has 184 valence electrons. The maximum atomic E-state index is 13.7.